The van der Waals surface area contributed by atoms with E-state index >= 15 is 0 Å². The molecule has 0 aliphatic heterocycles. The molecule has 14 nitrogen and oxygen atoms in total. The van der Waals surface area contributed by atoms with Crippen LogP contribution in [0.5, 0.6) is 11.5 Å². The molecular weight excluding hydrogens is 550 g/mol. The second-order valence-electron chi connectivity index (χ2n) is 8.45. The summed E-state index contributed by atoms with van der Waals surface area (Å²) in [5.41, 5.74) is -0.768. The average molecular weight is 578 g/mol. The largest absolute Gasteiger partial charge is 0.507 e. The van der Waals surface area contributed by atoms with Gasteiger partial charge in [-0.25, -0.2) is 14.4 Å². The molecule has 0 saturated heterocycles. The van der Waals surface area contributed by atoms with E-state index in [4.69, 9.17) is 20.1 Å². The molecule has 0 heterocycles. The van der Waals surface area contributed by atoms with Gasteiger partial charge in [0, 0.05) is 36.9 Å². The minimum Gasteiger partial charge on any atom is -0.507 e. The number of phenolic OH excluding ortho intramolecular Hbond substituents is 1. The molecule has 5 N–H and O–H groups in total. The molecule has 14 heteroatoms. The predicted molar refractivity (Wildman–Crippen MR) is 153 cm³/mol. The molecule has 0 aliphatic carbocycles. The highest BCUT2D eigenvalue weighted by molar-refractivity contribution is 6.48. The van der Waals surface area contributed by atoms with Gasteiger partial charge < -0.3 is 29.7 Å². The summed E-state index contributed by atoms with van der Waals surface area (Å²) >= 11 is 0. The van der Waals surface area contributed by atoms with Gasteiger partial charge in [0.15, 0.2) is 0 Å². The van der Waals surface area contributed by atoms with Crippen LogP contribution in [0.2, 0.25) is 0 Å². The van der Waals surface area contributed by atoms with Crippen molar-refractivity contribution in [2.24, 2.45) is 0 Å². The van der Waals surface area contributed by atoms with Crippen molar-refractivity contribution in [2.75, 3.05) is 43.9 Å². The third-order valence-corrected chi connectivity index (χ3v) is 5.99. The van der Waals surface area contributed by atoms with Crippen LogP contribution in [-0.2, 0) is 14.3 Å². The van der Waals surface area contributed by atoms with Crippen LogP contribution in [0.1, 0.15) is 22.9 Å². The van der Waals surface area contributed by atoms with E-state index in [0.29, 0.717) is 5.69 Å². The number of nitrogens with zero attached hydrogens (tertiary/aromatic N) is 2. The SMILES string of the molecule is COC(=O)Nc1cc(O)c(C(=N)C(=O)Nc2ccc(C#N)cc2C(=O)O)cc1-c1cc(N(C)C(=O)OC)ccc1OC.[HH]. The summed E-state index contributed by atoms with van der Waals surface area (Å²) in [4.78, 5) is 50.1. The number of benzene rings is 3. The molecule has 3 rings (SSSR count). The van der Waals surface area contributed by atoms with Crippen molar-refractivity contribution in [1.29, 1.82) is 10.7 Å². The normalized spacial score (nSPS) is 10.1. The van der Waals surface area contributed by atoms with Gasteiger partial charge in [0.2, 0.25) is 0 Å². The van der Waals surface area contributed by atoms with E-state index < -0.39 is 35.5 Å². The number of methoxy groups -OCH3 is 3. The van der Waals surface area contributed by atoms with Crippen molar-refractivity contribution in [3.8, 4) is 28.7 Å². The number of carbonyl (C=O) groups is 4. The van der Waals surface area contributed by atoms with Crippen LogP contribution in [0.3, 0.4) is 0 Å². The first-order chi connectivity index (χ1) is 19.9. The summed E-state index contributed by atoms with van der Waals surface area (Å²) in [5, 5.41) is 42.6. The number of phenols is 1. The molecule has 0 atom stereocenters. The maximum Gasteiger partial charge on any atom is 0.413 e. The lowest BCUT2D eigenvalue weighted by Gasteiger charge is -2.20. The fraction of sp³-hybridized carbons (Fsp3) is 0.143. The minimum atomic E-state index is -1.42. The molecule has 0 spiro atoms. The zero-order valence-electron chi connectivity index (χ0n) is 22.8. The topological polar surface area (TPSA) is 211 Å². The van der Waals surface area contributed by atoms with Crippen LogP contribution in [0.25, 0.3) is 11.1 Å². The average Bonchev–Trinajstić information content (AvgIpc) is 2.99. The molecule has 0 aromatic heterocycles. The van der Waals surface area contributed by atoms with Crippen molar-refractivity contribution in [3.05, 3.63) is 65.2 Å². The van der Waals surface area contributed by atoms with Crippen molar-refractivity contribution >= 4 is 46.8 Å². The predicted octanol–water partition coefficient (Wildman–Crippen LogP) is 4.27. The first kappa shape index (κ1) is 30.4. The van der Waals surface area contributed by atoms with Crippen molar-refractivity contribution in [1.82, 2.24) is 0 Å². The summed E-state index contributed by atoms with van der Waals surface area (Å²) in [5.74, 6) is -2.81. The summed E-state index contributed by atoms with van der Waals surface area (Å²) < 4.78 is 14.9. The van der Waals surface area contributed by atoms with E-state index in [9.17, 15) is 29.4 Å². The summed E-state index contributed by atoms with van der Waals surface area (Å²) in [6, 6.07) is 12.3. The van der Waals surface area contributed by atoms with Gasteiger partial charge in [0.25, 0.3) is 5.91 Å². The number of ether oxygens (including phenoxy) is 3. The quantitative estimate of drug-likeness (QED) is 0.240. The number of aromatic carboxylic acids is 1. The highest BCUT2D eigenvalue weighted by Crippen LogP contribution is 2.41. The Kier molecular flexibility index (Phi) is 9.30. The van der Waals surface area contributed by atoms with Gasteiger partial charge in [0.1, 0.15) is 17.2 Å². The fourth-order valence-corrected chi connectivity index (χ4v) is 3.84. The molecular formula is C28H27N5O9. The van der Waals surface area contributed by atoms with E-state index in [1.807, 2.05) is 0 Å². The van der Waals surface area contributed by atoms with Crippen LogP contribution < -0.4 is 20.3 Å². The molecule has 0 fully saturated rings. The van der Waals surface area contributed by atoms with Gasteiger partial charge in [-0.1, -0.05) is 0 Å². The molecule has 3 aromatic carbocycles. The second-order valence-corrected chi connectivity index (χ2v) is 8.45. The van der Waals surface area contributed by atoms with E-state index in [2.05, 4.69) is 15.4 Å². The molecule has 0 unspecified atom stereocenters. The number of carboxylic acids is 1. The molecule has 0 saturated carbocycles. The number of nitriles is 1. The Morgan fingerprint density at radius 3 is 2.24 bits per heavy atom. The zero-order chi connectivity index (χ0) is 31.1. The van der Waals surface area contributed by atoms with Crippen LogP contribution in [0.15, 0.2) is 48.5 Å². The first-order valence-corrected chi connectivity index (χ1v) is 11.8. The Balaban J connectivity index is 0.00000645. The molecule has 218 valence electrons. The van der Waals surface area contributed by atoms with Gasteiger partial charge >= 0.3 is 18.2 Å². The summed E-state index contributed by atoms with van der Waals surface area (Å²) in [6.45, 7) is 0. The number of aromatic hydroxyl groups is 1. The number of carbonyl (C=O) groups excluding carboxylic acids is 3. The number of anilines is 3. The van der Waals surface area contributed by atoms with Gasteiger partial charge in [-0.15, -0.1) is 0 Å². The van der Waals surface area contributed by atoms with Gasteiger partial charge in [-0.3, -0.25) is 20.4 Å². The Morgan fingerprint density at radius 1 is 0.929 bits per heavy atom. The lowest BCUT2D eigenvalue weighted by atomic mass is 9.96. The highest BCUT2D eigenvalue weighted by atomic mass is 16.5. The fourth-order valence-electron chi connectivity index (χ4n) is 3.84. The smallest absolute Gasteiger partial charge is 0.413 e. The molecule has 0 bridgehead atoms. The maximum absolute atomic E-state index is 13.0. The van der Waals surface area contributed by atoms with E-state index in [-0.39, 0.29) is 46.4 Å². The number of hydrogen-bond acceptors (Lipinski definition) is 10. The molecule has 3 aromatic rings. The Bertz CT molecular complexity index is 1650. The third kappa shape index (κ3) is 6.37. The van der Waals surface area contributed by atoms with Crippen LogP contribution in [0, 0.1) is 16.7 Å². The first-order valence-electron chi connectivity index (χ1n) is 11.8. The number of hydrogen-bond donors (Lipinski definition) is 5. The lowest BCUT2D eigenvalue weighted by Crippen LogP contribution is -2.25. The van der Waals surface area contributed by atoms with Crippen LogP contribution in [0.4, 0.5) is 26.7 Å². The van der Waals surface area contributed by atoms with E-state index in [0.717, 1.165) is 19.2 Å². The number of rotatable bonds is 8. The summed E-state index contributed by atoms with van der Waals surface area (Å²) in [6.07, 6.45) is -1.56. The van der Waals surface area contributed by atoms with Gasteiger partial charge in [0.05, 0.1) is 49.9 Å². The molecule has 0 aliphatic rings. The van der Waals surface area contributed by atoms with Crippen molar-refractivity contribution in [3.63, 3.8) is 0 Å². The monoisotopic (exact) mass is 577 g/mol. The molecule has 42 heavy (non-hydrogen) atoms. The second kappa shape index (κ2) is 12.8. The van der Waals surface area contributed by atoms with Crippen LogP contribution in [-0.4, -0.2) is 68.4 Å². The molecule has 0 radical (unpaired) electrons. The standard InChI is InChI=1S/C28H25N5O9.H2/c1-33(28(39)42-4)15-6-8-23(40-2)17(10-15)16-11-19(22(34)12-21(16)32-27(38)41-3)24(30)25(35)31-20-7-5-14(13-29)9-18(20)26(36)37;/h5-12,30,34H,1-4H3,(H,31,35)(H,32,38)(H,36,37);1H. The Morgan fingerprint density at radius 2 is 1.64 bits per heavy atom. The number of nitrogens with one attached hydrogen (secondary N) is 3. The Hall–Kier alpha value is -6.10. The molecule has 3 amide bonds. The summed E-state index contributed by atoms with van der Waals surface area (Å²) in [7, 11) is 5.18. The van der Waals surface area contributed by atoms with Gasteiger partial charge in [-0.2, -0.15) is 5.26 Å². The van der Waals surface area contributed by atoms with E-state index in [1.165, 1.54) is 56.5 Å². The zero-order valence-corrected chi connectivity index (χ0v) is 22.8. The minimum absolute atomic E-state index is 0. The van der Waals surface area contributed by atoms with Crippen molar-refractivity contribution in [2.45, 2.75) is 0 Å². The highest BCUT2D eigenvalue weighted by Gasteiger charge is 2.24. The van der Waals surface area contributed by atoms with E-state index in [1.54, 1.807) is 12.1 Å². The lowest BCUT2D eigenvalue weighted by molar-refractivity contribution is -0.110. The third-order valence-electron chi connectivity index (χ3n) is 5.99. The van der Waals surface area contributed by atoms with Crippen LogP contribution >= 0.6 is 0 Å². The Labute approximate surface area is 240 Å². The number of carboxylic acid groups (broad SMARTS) is 1. The van der Waals surface area contributed by atoms with Crippen molar-refractivity contribution < 1.29 is 45.0 Å². The maximum atomic E-state index is 13.0. The van der Waals surface area contributed by atoms with Gasteiger partial charge in [-0.05, 0) is 42.5 Å². The number of amides is 3.